The molecule has 0 bridgehead atoms. The van der Waals surface area contributed by atoms with Gasteiger partial charge in [0.25, 0.3) is 0 Å². The van der Waals surface area contributed by atoms with E-state index < -0.39 is 11.1 Å². The predicted molar refractivity (Wildman–Crippen MR) is 104 cm³/mol. The highest BCUT2D eigenvalue weighted by molar-refractivity contribution is 7.79. The molecule has 1 atom stereocenters. The van der Waals surface area contributed by atoms with Crippen molar-refractivity contribution in [3.63, 3.8) is 0 Å². The Bertz CT molecular complexity index is 277. The van der Waals surface area contributed by atoms with Gasteiger partial charge in [0.05, 0.1) is 0 Å². The van der Waals surface area contributed by atoms with E-state index in [0.29, 0.717) is 5.75 Å². The van der Waals surface area contributed by atoms with Gasteiger partial charge >= 0.3 is 0 Å². The molecule has 0 saturated heterocycles. The quantitative estimate of drug-likeness (QED) is 0.165. The monoisotopic (exact) mass is 344 g/mol. The summed E-state index contributed by atoms with van der Waals surface area (Å²) < 4.78 is 19.1. The zero-order chi connectivity index (χ0) is 17.0. The van der Waals surface area contributed by atoms with E-state index in [4.69, 9.17) is 4.55 Å². The molecule has 0 aromatic heterocycles. The molecule has 0 heterocycles. The molecule has 0 aliphatic heterocycles. The second-order valence-corrected chi connectivity index (χ2v) is 7.72. The standard InChI is InChI=1S/C20H40O2S/c1-2-3-4-5-6-7-8-9-10-11-12-13-14-15-16-17-18-19-20-23(21)22/h10-11H,2-9,12-20H2,1H3,(H,21,22). The normalized spacial score (nSPS) is 13.0. The van der Waals surface area contributed by atoms with Crippen LogP contribution < -0.4 is 0 Å². The Morgan fingerprint density at radius 3 is 1.48 bits per heavy atom. The maximum absolute atomic E-state index is 10.5. The summed E-state index contributed by atoms with van der Waals surface area (Å²) in [5.41, 5.74) is 0. The largest absolute Gasteiger partial charge is 0.306 e. The van der Waals surface area contributed by atoms with Crippen molar-refractivity contribution in [3.8, 4) is 0 Å². The molecule has 0 fully saturated rings. The second kappa shape index (κ2) is 19.9. The van der Waals surface area contributed by atoms with Gasteiger partial charge in [0, 0.05) is 5.75 Å². The fourth-order valence-electron chi connectivity index (χ4n) is 2.83. The smallest absolute Gasteiger partial charge is 0.152 e. The molecular formula is C20H40O2S. The number of allylic oxidation sites excluding steroid dienone is 2. The van der Waals surface area contributed by atoms with E-state index in [1.165, 1.54) is 89.9 Å². The van der Waals surface area contributed by atoms with Gasteiger partial charge in [-0.15, -0.1) is 0 Å². The van der Waals surface area contributed by atoms with Gasteiger partial charge in [-0.25, -0.2) is 4.21 Å². The van der Waals surface area contributed by atoms with Crippen LogP contribution in [-0.4, -0.2) is 14.5 Å². The molecule has 0 aromatic rings. The highest BCUT2D eigenvalue weighted by Crippen LogP contribution is 2.11. The van der Waals surface area contributed by atoms with Crippen LogP contribution in [0.2, 0.25) is 0 Å². The first-order valence-electron chi connectivity index (χ1n) is 9.99. The van der Waals surface area contributed by atoms with Crippen LogP contribution >= 0.6 is 0 Å². The van der Waals surface area contributed by atoms with Gasteiger partial charge in [0.2, 0.25) is 0 Å². The first-order valence-corrected chi connectivity index (χ1v) is 11.3. The zero-order valence-electron chi connectivity index (χ0n) is 15.4. The number of hydrogen-bond donors (Lipinski definition) is 1. The van der Waals surface area contributed by atoms with Gasteiger partial charge in [-0.2, -0.15) is 0 Å². The summed E-state index contributed by atoms with van der Waals surface area (Å²) in [4.78, 5) is 0. The van der Waals surface area contributed by atoms with Crippen LogP contribution in [0.25, 0.3) is 0 Å². The Kier molecular flexibility index (Phi) is 19.8. The third kappa shape index (κ3) is 21.9. The first kappa shape index (κ1) is 22.9. The average Bonchev–Trinajstić information content (AvgIpc) is 2.53. The molecule has 0 rings (SSSR count). The second-order valence-electron chi connectivity index (χ2n) is 6.67. The van der Waals surface area contributed by atoms with Gasteiger partial charge in [0.1, 0.15) is 0 Å². The summed E-state index contributed by atoms with van der Waals surface area (Å²) in [5, 5.41) is 0. The summed E-state index contributed by atoms with van der Waals surface area (Å²) in [6.07, 6.45) is 25.5. The average molecular weight is 345 g/mol. The lowest BCUT2D eigenvalue weighted by Gasteiger charge is -2.00. The van der Waals surface area contributed by atoms with Crippen LogP contribution in [0.4, 0.5) is 0 Å². The van der Waals surface area contributed by atoms with Crippen molar-refractivity contribution < 1.29 is 8.76 Å². The SMILES string of the molecule is CCCCCCCCCC=CCCCCCCCCCS(=O)O. The Balaban J connectivity index is 3.07. The van der Waals surface area contributed by atoms with Gasteiger partial charge in [-0.3, -0.25) is 0 Å². The van der Waals surface area contributed by atoms with Crippen molar-refractivity contribution in [1.82, 2.24) is 0 Å². The molecule has 0 radical (unpaired) electrons. The molecule has 0 aliphatic rings. The molecular weight excluding hydrogens is 304 g/mol. The molecule has 1 unspecified atom stereocenters. The van der Waals surface area contributed by atoms with E-state index in [9.17, 15) is 4.21 Å². The topological polar surface area (TPSA) is 37.3 Å². The van der Waals surface area contributed by atoms with Crippen molar-refractivity contribution in [3.05, 3.63) is 12.2 Å². The minimum absolute atomic E-state index is 0.448. The zero-order valence-corrected chi connectivity index (χ0v) is 16.3. The predicted octanol–water partition coefficient (Wildman–Crippen LogP) is 7.03. The fraction of sp³-hybridized carbons (Fsp3) is 0.900. The van der Waals surface area contributed by atoms with Crippen molar-refractivity contribution in [2.45, 2.75) is 110 Å². The first-order chi connectivity index (χ1) is 11.3. The van der Waals surface area contributed by atoms with E-state index in [1.54, 1.807) is 0 Å². The highest BCUT2D eigenvalue weighted by atomic mass is 32.2. The third-order valence-electron chi connectivity index (χ3n) is 4.33. The maximum Gasteiger partial charge on any atom is 0.152 e. The van der Waals surface area contributed by atoms with E-state index in [-0.39, 0.29) is 0 Å². The van der Waals surface area contributed by atoms with E-state index in [1.807, 2.05) is 0 Å². The van der Waals surface area contributed by atoms with Gasteiger partial charge in [0.15, 0.2) is 11.1 Å². The summed E-state index contributed by atoms with van der Waals surface area (Å²) in [6.45, 7) is 2.27. The van der Waals surface area contributed by atoms with E-state index in [0.717, 1.165) is 12.8 Å². The van der Waals surface area contributed by atoms with E-state index in [2.05, 4.69) is 19.1 Å². The summed E-state index contributed by atoms with van der Waals surface area (Å²) in [7, 11) is 0. The fourth-order valence-corrected chi connectivity index (χ4v) is 3.28. The molecule has 3 heteroatoms. The van der Waals surface area contributed by atoms with Crippen molar-refractivity contribution in [1.29, 1.82) is 0 Å². The van der Waals surface area contributed by atoms with Crippen LogP contribution in [0.3, 0.4) is 0 Å². The molecule has 0 saturated carbocycles. The Labute approximate surface area is 147 Å². The lowest BCUT2D eigenvalue weighted by Crippen LogP contribution is -1.94. The molecule has 0 spiro atoms. The molecule has 23 heavy (non-hydrogen) atoms. The number of hydrogen-bond acceptors (Lipinski definition) is 1. The maximum atomic E-state index is 10.5. The van der Waals surface area contributed by atoms with Crippen LogP contribution in [-0.2, 0) is 11.1 Å². The third-order valence-corrected chi connectivity index (χ3v) is 4.97. The lowest BCUT2D eigenvalue weighted by atomic mass is 10.1. The number of rotatable bonds is 18. The Hall–Kier alpha value is -0.150. The molecule has 0 aliphatic carbocycles. The molecule has 138 valence electrons. The molecule has 0 aromatic carbocycles. The van der Waals surface area contributed by atoms with Crippen molar-refractivity contribution in [2.24, 2.45) is 0 Å². The van der Waals surface area contributed by atoms with Gasteiger partial charge in [-0.1, -0.05) is 89.7 Å². The molecule has 0 amide bonds. The Morgan fingerprint density at radius 2 is 1.04 bits per heavy atom. The molecule has 1 N–H and O–H groups in total. The number of unbranched alkanes of at least 4 members (excludes halogenated alkanes) is 14. The summed E-state index contributed by atoms with van der Waals surface area (Å²) in [5.74, 6) is 0.448. The van der Waals surface area contributed by atoms with Crippen LogP contribution in [0.5, 0.6) is 0 Å². The lowest BCUT2D eigenvalue weighted by molar-refractivity contribution is 0.553. The molecule has 2 nitrogen and oxygen atoms in total. The summed E-state index contributed by atoms with van der Waals surface area (Å²) >= 11 is -1.59. The minimum Gasteiger partial charge on any atom is -0.306 e. The summed E-state index contributed by atoms with van der Waals surface area (Å²) in [6, 6.07) is 0. The van der Waals surface area contributed by atoms with Crippen LogP contribution in [0.15, 0.2) is 12.2 Å². The van der Waals surface area contributed by atoms with Gasteiger partial charge < -0.3 is 4.55 Å². The van der Waals surface area contributed by atoms with Crippen molar-refractivity contribution in [2.75, 3.05) is 5.75 Å². The van der Waals surface area contributed by atoms with Crippen LogP contribution in [0.1, 0.15) is 110 Å². The van der Waals surface area contributed by atoms with Crippen LogP contribution in [0, 0.1) is 0 Å². The van der Waals surface area contributed by atoms with Crippen molar-refractivity contribution >= 4 is 11.1 Å². The minimum atomic E-state index is -1.59. The van der Waals surface area contributed by atoms with Gasteiger partial charge in [-0.05, 0) is 32.1 Å². The van der Waals surface area contributed by atoms with E-state index >= 15 is 0 Å². The highest BCUT2D eigenvalue weighted by Gasteiger charge is 1.94. The Morgan fingerprint density at radius 1 is 0.652 bits per heavy atom.